The first-order valence-electron chi connectivity index (χ1n) is 5.85. The lowest BCUT2D eigenvalue weighted by Gasteiger charge is -2.21. The Morgan fingerprint density at radius 2 is 2.00 bits per heavy atom. The van der Waals surface area contributed by atoms with E-state index in [1.165, 1.54) is 4.90 Å². The summed E-state index contributed by atoms with van der Waals surface area (Å²) in [5, 5.41) is 12.1. The molecule has 1 atom stereocenters. The molecule has 1 aromatic heterocycles. The number of hydrogen-bond acceptors (Lipinski definition) is 5. The molecule has 0 spiro atoms. The second kappa shape index (κ2) is 4.24. The monoisotopic (exact) mass is 256 g/mol. The Morgan fingerprint density at radius 3 is 2.79 bits per heavy atom. The summed E-state index contributed by atoms with van der Waals surface area (Å²) in [5.41, 5.74) is 0.824. The molecule has 0 saturated carbocycles. The van der Waals surface area contributed by atoms with E-state index in [1.54, 1.807) is 30.4 Å². The highest BCUT2D eigenvalue weighted by Gasteiger charge is 2.35. The van der Waals surface area contributed by atoms with Crippen LogP contribution in [0.4, 0.5) is 5.82 Å². The maximum atomic E-state index is 11.1. The van der Waals surface area contributed by atoms with Crippen LogP contribution in [0.1, 0.15) is 0 Å². The molecule has 0 saturated heterocycles. The Morgan fingerprint density at radius 1 is 1.21 bits per heavy atom. The Balaban J connectivity index is 2.04. The molecule has 0 amide bonds. The summed E-state index contributed by atoms with van der Waals surface area (Å²) in [4.78, 5) is 18.3. The molecule has 0 radical (unpaired) electrons. The standard InChI is InChI=1S/C13H12N4O2/c1-15-8-9-16(13(15)17(18)19)12-7-6-10-4-2-3-5-11(10)14-12/h2-9,13H,1H3/t13-/m0/s1. The minimum absolute atomic E-state index is 0.336. The van der Waals surface area contributed by atoms with E-state index in [0.717, 1.165) is 10.9 Å². The van der Waals surface area contributed by atoms with Crippen molar-refractivity contribution in [2.24, 2.45) is 0 Å². The van der Waals surface area contributed by atoms with Crippen LogP contribution in [0.3, 0.4) is 0 Å². The number of nitrogens with zero attached hydrogens (tertiary/aromatic N) is 4. The zero-order valence-corrected chi connectivity index (χ0v) is 10.3. The van der Waals surface area contributed by atoms with Crippen LogP contribution < -0.4 is 4.90 Å². The summed E-state index contributed by atoms with van der Waals surface area (Å²) in [5.74, 6) is 0.570. The van der Waals surface area contributed by atoms with Gasteiger partial charge >= 0.3 is 6.29 Å². The lowest BCUT2D eigenvalue weighted by molar-refractivity contribution is -0.541. The van der Waals surface area contributed by atoms with Crippen LogP contribution in [-0.2, 0) is 0 Å². The Kier molecular flexibility index (Phi) is 2.56. The first kappa shape index (κ1) is 11.5. The maximum absolute atomic E-state index is 11.1. The summed E-state index contributed by atoms with van der Waals surface area (Å²) < 4.78 is 0. The Labute approximate surface area is 109 Å². The summed E-state index contributed by atoms with van der Waals surface area (Å²) in [6.45, 7) is 0. The van der Waals surface area contributed by atoms with E-state index in [0.29, 0.717) is 5.82 Å². The summed E-state index contributed by atoms with van der Waals surface area (Å²) in [6.07, 6.45) is 2.41. The number of fused-ring (bicyclic) bond motifs is 1. The molecule has 2 aromatic rings. The van der Waals surface area contributed by atoms with Crippen molar-refractivity contribution >= 4 is 16.7 Å². The van der Waals surface area contributed by atoms with E-state index in [4.69, 9.17) is 0 Å². The molecule has 0 unspecified atom stereocenters. The Bertz CT molecular complexity index is 670. The highest BCUT2D eigenvalue weighted by atomic mass is 16.6. The third-order valence-electron chi connectivity index (χ3n) is 3.11. The van der Waals surface area contributed by atoms with Gasteiger partial charge in [-0.05, 0) is 18.2 Å². The van der Waals surface area contributed by atoms with Crippen LogP contribution in [0, 0.1) is 10.1 Å². The Hall–Kier alpha value is -2.63. The van der Waals surface area contributed by atoms with Crippen molar-refractivity contribution in [1.82, 2.24) is 9.88 Å². The topological polar surface area (TPSA) is 62.5 Å². The van der Waals surface area contributed by atoms with Crippen LogP contribution >= 0.6 is 0 Å². The van der Waals surface area contributed by atoms with Crippen molar-refractivity contribution in [3.8, 4) is 0 Å². The second-order valence-electron chi connectivity index (χ2n) is 4.36. The highest BCUT2D eigenvalue weighted by Crippen LogP contribution is 2.24. The molecule has 1 aliphatic heterocycles. The highest BCUT2D eigenvalue weighted by molar-refractivity contribution is 5.80. The third kappa shape index (κ3) is 1.87. The largest absolute Gasteiger partial charge is 0.373 e. The molecule has 19 heavy (non-hydrogen) atoms. The van der Waals surface area contributed by atoms with Gasteiger partial charge in [0.05, 0.1) is 10.4 Å². The molecule has 2 heterocycles. The van der Waals surface area contributed by atoms with Gasteiger partial charge in [0.15, 0.2) is 0 Å². The van der Waals surface area contributed by atoms with E-state index in [1.807, 2.05) is 30.3 Å². The molecule has 6 heteroatoms. The number of anilines is 1. The first-order valence-corrected chi connectivity index (χ1v) is 5.85. The van der Waals surface area contributed by atoms with Crippen molar-refractivity contribution in [2.45, 2.75) is 6.29 Å². The fraction of sp³-hybridized carbons (Fsp3) is 0.154. The lowest BCUT2D eigenvalue weighted by atomic mass is 10.2. The smallest absolute Gasteiger partial charge is 0.299 e. The first-order chi connectivity index (χ1) is 9.16. The average molecular weight is 256 g/mol. The zero-order chi connectivity index (χ0) is 13.4. The van der Waals surface area contributed by atoms with Crippen molar-refractivity contribution in [1.29, 1.82) is 0 Å². The number of benzene rings is 1. The number of pyridine rings is 1. The van der Waals surface area contributed by atoms with Crippen LogP contribution in [-0.4, -0.2) is 28.1 Å². The number of nitro groups is 1. The quantitative estimate of drug-likeness (QED) is 0.607. The van der Waals surface area contributed by atoms with Crippen molar-refractivity contribution in [2.75, 3.05) is 11.9 Å². The van der Waals surface area contributed by atoms with E-state index in [9.17, 15) is 10.1 Å². The molecule has 6 nitrogen and oxygen atoms in total. The van der Waals surface area contributed by atoms with Crippen LogP contribution in [0.25, 0.3) is 10.9 Å². The van der Waals surface area contributed by atoms with Gasteiger partial charge in [-0.25, -0.2) is 9.88 Å². The van der Waals surface area contributed by atoms with Gasteiger partial charge in [-0.15, -0.1) is 0 Å². The van der Waals surface area contributed by atoms with E-state index in [-0.39, 0.29) is 4.92 Å². The number of para-hydroxylation sites is 1. The van der Waals surface area contributed by atoms with Crippen molar-refractivity contribution in [3.05, 3.63) is 58.9 Å². The van der Waals surface area contributed by atoms with E-state index >= 15 is 0 Å². The van der Waals surface area contributed by atoms with Gasteiger partial charge < -0.3 is 0 Å². The van der Waals surface area contributed by atoms with Gasteiger partial charge in [-0.2, -0.15) is 0 Å². The summed E-state index contributed by atoms with van der Waals surface area (Å²) in [7, 11) is 1.67. The average Bonchev–Trinajstić information content (AvgIpc) is 2.80. The third-order valence-corrected chi connectivity index (χ3v) is 3.11. The van der Waals surface area contributed by atoms with Gasteiger partial charge in [-0.1, -0.05) is 18.2 Å². The van der Waals surface area contributed by atoms with Gasteiger partial charge in [0.25, 0.3) is 0 Å². The second-order valence-corrected chi connectivity index (χ2v) is 4.36. The lowest BCUT2D eigenvalue weighted by Crippen LogP contribution is -2.43. The molecule has 0 bridgehead atoms. The molecule has 0 fully saturated rings. The van der Waals surface area contributed by atoms with Gasteiger partial charge in [0.1, 0.15) is 5.82 Å². The number of hydrogen-bond donors (Lipinski definition) is 0. The number of aromatic nitrogens is 1. The minimum atomic E-state index is -0.936. The maximum Gasteiger partial charge on any atom is 0.373 e. The molecular formula is C13H12N4O2. The van der Waals surface area contributed by atoms with Crippen LogP contribution in [0.5, 0.6) is 0 Å². The fourth-order valence-electron chi connectivity index (χ4n) is 2.17. The van der Waals surface area contributed by atoms with Gasteiger partial charge in [0.2, 0.25) is 0 Å². The zero-order valence-electron chi connectivity index (χ0n) is 10.3. The normalized spacial score (nSPS) is 18.3. The predicted molar refractivity (Wildman–Crippen MR) is 71.9 cm³/mol. The molecule has 96 valence electrons. The fourth-order valence-corrected chi connectivity index (χ4v) is 2.17. The molecule has 3 rings (SSSR count). The molecule has 1 aromatic carbocycles. The molecular weight excluding hydrogens is 244 g/mol. The minimum Gasteiger partial charge on any atom is -0.299 e. The molecule has 0 N–H and O–H groups in total. The molecule has 0 aliphatic carbocycles. The van der Waals surface area contributed by atoms with Crippen LogP contribution in [0.15, 0.2) is 48.8 Å². The molecule has 1 aliphatic rings. The SMILES string of the molecule is CN1C=CN(c2ccc3ccccc3n2)[C@H]1[N+](=O)[O-]. The van der Waals surface area contributed by atoms with Crippen molar-refractivity contribution in [3.63, 3.8) is 0 Å². The van der Waals surface area contributed by atoms with Crippen molar-refractivity contribution < 1.29 is 4.92 Å². The van der Waals surface area contributed by atoms with E-state index < -0.39 is 6.29 Å². The van der Waals surface area contributed by atoms with E-state index in [2.05, 4.69) is 4.98 Å². The predicted octanol–water partition coefficient (Wildman–Crippen LogP) is 2.02. The summed E-state index contributed by atoms with van der Waals surface area (Å²) in [6, 6.07) is 11.4. The van der Waals surface area contributed by atoms with Gasteiger partial charge in [0, 0.05) is 24.8 Å². The van der Waals surface area contributed by atoms with Crippen LogP contribution in [0.2, 0.25) is 0 Å². The van der Waals surface area contributed by atoms with Gasteiger partial charge in [-0.3, -0.25) is 15.0 Å². The number of rotatable bonds is 2. The summed E-state index contributed by atoms with van der Waals surface area (Å²) >= 11 is 0.